The Balaban J connectivity index is 1.84. The van der Waals surface area contributed by atoms with Crippen LogP contribution in [0.3, 0.4) is 0 Å². The molecule has 1 aliphatic rings. The molecular formula is C15H19N3O2. The lowest BCUT2D eigenvalue weighted by molar-refractivity contribution is 0.0476. The fourth-order valence-corrected chi connectivity index (χ4v) is 2.43. The van der Waals surface area contributed by atoms with Crippen LogP contribution in [-0.2, 0) is 17.6 Å². The molecule has 5 heteroatoms. The summed E-state index contributed by atoms with van der Waals surface area (Å²) < 4.78 is 11.2. The summed E-state index contributed by atoms with van der Waals surface area (Å²) in [5.41, 5.74) is 2.43. The monoisotopic (exact) mass is 273 g/mol. The van der Waals surface area contributed by atoms with E-state index in [1.165, 1.54) is 5.56 Å². The van der Waals surface area contributed by atoms with Gasteiger partial charge in [-0.05, 0) is 31.5 Å². The Morgan fingerprint density at radius 3 is 3.10 bits per heavy atom. The van der Waals surface area contributed by atoms with E-state index in [2.05, 4.69) is 40.6 Å². The van der Waals surface area contributed by atoms with Crippen LogP contribution in [0.5, 0.6) is 0 Å². The van der Waals surface area contributed by atoms with E-state index in [-0.39, 0.29) is 6.10 Å². The van der Waals surface area contributed by atoms with Gasteiger partial charge >= 0.3 is 0 Å². The number of nitrogens with zero attached hydrogens (tertiary/aromatic N) is 2. The quantitative estimate of drug-likeness (QED) is 0.921. The molecular weight excluding hydrogens is 254 g/mol. The van der Waals surface area contributed by atoms with Crippen molar-refractivity contribution in [1.82, 2.24) is 15.5 Å². The third-order valence-corrected chi connectivity index (χ3v) is 3.68. The highest BCUT2D eigenvalue weighted by molar-refractivity contribution is 5.33. The number of likely N-dealkylation sites (N-methyl/N-ethyl adjacent to an activating group) is 1. The van der Waals surface area contributed by atoms with Crippen LogP contribution in [0.15, 0.2) is 28.8 Å². The number of hydrogen-bond donors (Lipinski definition) is 1. The van der Waals surface area contributed by atoms with Gasteiger partial charge in [-0.1, -0.05) is 29.4 Å². The van der Waals surface area contributed by atoms with Crippen LogP contribution in [0.1, 0.15) is 35.9 Å². The van der Waals surface area contributed by atoms with E-state index in [0.29, 0.717) is 24.4 Å². The van der Waals surface area contributed by atoms with E-state index < -0.39 is 0 Å². The first-order chi connectivity index (χ1) is 9.78. The van der Waals surface area contributed by atoms with Crippen molar-refractivity contribution in [1.29, 1.82) is 0 Å². The van der Waals surface area contributed by atoms with Crippen LogP contribution in [0.25, 0.3) is 0 Å². The van der Waals surface area contributed by atoms with Crippen molar-refractivity contribution in [2.45, 2.75) is 31.9 Å². The Morgan fingerprint density at radius 1 is 1.40 bits per heavy atom. The van der Waals surface area contributed by atoms with Crippen molar-refractivity contribution in [2.24, 2.45) is 0 Å². The summed E-state index contributed by atoms with van der Waals surface area (Å²) in [4.78, 5) is 4.48. The molecule has 2 aromatic rings. The van der Waals surface area contributed by atoms with Crippen LogP contribution in [-0.4, -0.2) is 29.8 Å². The summed E-state index contributed by atoms with van der Waals surface area (Å²) in [6.07, 6.45) is 1.45. The number of aromatic nitrogens is 2. The molecule has 3 rings (SSSR count). The van der Waals surface area contributed by atoms with Crippen molar-refractivity contribution in [3.8, 4) is 0 Å². The lowest BCUT2D eigenvalue weighted by Crippen LogP contribution is -2.24. The molecule has 5 nitrogen and oxygen atoms in total. The zero-order chi connectivity index (χ0) is 13.9. The third-order valence-electron chi connectivity index (χ3n) is 3.68. The average molecular weight is 273 g/mol. The molecule has 106 valence electrons. The second-order valence-corrected chi connectivity index (χ2v) is 5.14. The molecule has 1 N–H and O–H groups in total. The fourth-order valence-electron chi connectivity index (χ4n) is 2.43. The number of rotatable bonds is 4. The first kappa shape index (κ1) is 13.3. The molecule has 1 aliphatic heterocycles. The topological polar surface area (TPSA) is 60.2 Å². The van der Waals surface area contributed by atoms with E-state index in [9.17, 15) is 0 Å². The van der Waals surface area contributed by atoms with E-state index in [4.69, 9.17) is 9.26 Å². The van der Waals surface area contributed by atoms with Gasteiger partial charge in [0.1, 0.15) is 0 Å². The summed E-state index contributed by atoms with van der Waals surface area (Å²) in [6, 6.07) is 8.58. The van der Waals surface area contributed by atoms with E-state index in [1.807, 2.05) is 13.1 Å². The van der Waals surface area contributed by atoms with Gasteiger partial charge < -0.3 is 14.6 Å². The fraction of sp³-hybridized carbons (Fsp3) is 0.467. The van der Waals surface area contributed by atoms with Crippen molar-refractivity contribution in [3.05, 3.63) is 47.1 Å². The van der Waals surface area contributed by atoms with Crippen molar-refractivity contribution in [3.63, 3.8) is 0 Å². The SMILES string of the molecule is CNC(C)Cc1noc(C2OCCc3ccccc32)n1. The maximum atomic E-state index is 5.82. The first-order valence-corrected chi connectivity index (χ1v) is 6.97. The molecule has 20 heavy (non-hydrogen) atoms. The maximum absolute atomic E-state index is 5.82. The van der Waals surface area contributed by atoms with Gasteiger partial charge in [0, 0.05) is 12.5 Å². The summed E-state index contributed by atoms with van der Waals surface area (Å²) in [5, 5.41) is 7.21. The normalized spacial score (nSPS) is 19.6. The van der Waals surface area contributed by atoms with Crippen LogP contribution in [0, 0.1) is 0 Å². The first-order valence-electron chi connectivity index (χ1n) is 6.97. The molecule has 0 saturated carbocycles. The lowest BCUT2D eigenvalue weighted by atomic mass is 9.97. The Morgan fingerprint density at radius 2 is 2.25 bits per heavy atom. The van der Waals surface area contributed by atoms with E-state index in [0.717, 1.165) is 18.4 Å². The Bertz CT molecular complexity index is 582. The third kappa shape index (κ3) is 2.59. The predicted molar refractivity (Wildman–Crippen MR) is 74.5 cm³/mol. The van der Waals surface area contributed by atoms with Crippen molar-refractivity contribution >= 4 is 0 Å². The minimum Gasteiger partial charge on any atom is -0.363 e. The van der Waals surface area contributed by atoms with Crippen LogP contribution in [0.2, 0.25) is 0 Å². The average Bonchev–Trinajstić information content (AvgIpc) is 2.94. The standard InChI is InChI=1S/C15H19N3O2/c1-10(16-2)9-13-17-15(20-18-13)14-12-6-4-3-5-11(12)7-8-19-14/h3-6,10,14,16H,7-9H2,1-2H3. The van der Waals surface area contributed by atoms with Gasteiger partial charge in [-0.2, -0.15) is 4.98 Å². The summed E-state index contributed by atoms with van der Waals surface area (Å²) in [5.74, 6) is 1.27. The van der Waals surface area contributed by atoms with Crippen molar-refractivity contribution in [2.75, 3.05) is 13.7 Å². The minimum atomic E-state index is -0.230. The highest BCUT2D eigenvalue weighted by Crippen LogP contribution is 2.31. The molecule has 0 bridgehead atoms. The van der Waals surface area contributed by atoms with Crippen LogP contribution in [0.4, 0.5) is 0 Å². The van der Waals surface area contributed by atoms with E-state index in [1.54, 1.807) is 0 Å². The van der Waals surface area contributed by atoms with Gasteiger partial charge in [-0.15, -0.1) is 0 Å². The molecule has 0 spiro atoms. The van der Waals surface area contributed by atoms with Gasteiger partial charge in [-0.3, -0.25) is 0 Å². The zero-order valence-corrected chi connectivity index (χ0v) is 11.8. The smallest absolute Gasteiger partial charge is 0.260 e. The second kappa shape index (κ2) is 5.73. The molecule has 0 aliphatic carbocycles. The highest BCUT2D eigenvalue weighted by Gasteiger charge is 2.27. The van der Waals surface area contributed by atoms with Gasteiger partial charge in [0.05, 0.1) is 6.61 Å². The molecule has 0 saturated heterocycles. The molecule has 2 heterocycles. The Kier molecular flexibility index (Phi) is 3.80. The van der Waals surface area contributed by atoms with Gasteiger partial charge in [0.2, 0.25) is 0 Å². The lowest BCUT2D eigenvalue weighted by Gasteiger charge is -2.23. The van der Waals surface area contributed by atoms with Crippen LogP contribution >= 0.6 is 0 Å². The Hall–Kier alpha value is -1.72. The summed E-state index contributed by atoms with van der Waals surface area (Å²) >= 11 is 0. The second-order valence-electron chi connectivity index (χ2n) is 5.14. The molecule has 0 fully saturated rings. The number of benzene rings is 1. The number of hydrogen-bond acceptors (Lipinski definition) is 5. The minimum absolute atomic E-state index is 0.230. The molecule has 1 aromatic heterocycles. The van der Waals surface area contributed by atoms with Gasteiger partial charge in [0.25, 0.3) is 5.89 Å². The molecule has 1 aromatic carbocycles. The Labute approximate surface area is 118 Å². The highest BCUT2D eigenvalue weighted by atomic mass is 16.5. The molecule has 0 amide bonds. The maximum Gasteiger partial charge on any atom is 0.260 e. The zero-order valence-electron chi connectivity index (χ0n) is 11.8. The number of fused-ring (bicyclic) bond motifs is 1. The number of nitrogens with one attached hydrogen (secondary N) is 1. The predicted octanol–water partition coefficient (Wildman–Crippen LogP) is 1.88. The van der Waals surface area contributed by atoms with Crippen LogP contribution < -0.4 is 5.32 Å². The van der Waals surface area contributed by atoms with E-state index >= 15 is 0 Å². The largest absolute Gasteiger partial charge is 0.363 e. The van der Waals surface area contributed by atoms with Crippen molar-refractivity contribution < 1.29 is 9.26 Å². The summed E-state index contributed by atoms with van der Waals surface area (Å²) in [6.45, 7) is 2.77. The van der Waals surface area contributed by atoms with Gasteiger partial charge in [-0.25, -0.2) is 0 Å². The molecule has 2 unspecified atom stereocenters. The summed E-state index contributed by atoms with van der Waals surface area (Å²) in [7, 11) is 1.92. The molecule has 0 radical (unpaired) electrons. The molecule has 2 atom stereocenters. The number of ether oxygens (including phenoxy) is 1. The van der Waals surface area contributed by atoms with Gasteiger partial charge in [0.15, 0.2) is 11.9 Å².